The minimum absolute atomic E-state index is 0.00189. The van der Waals surface area contributed by atoms with Gasteiger partial charge in [-0.05, 0) is 49.0 Å². The maximum Gasteiger partial charge on any atom is 0.260 e. The molecule has 0 saturated carbocycles. The van der Waals surface area contributed by atoms with Crippen LogP contribution in [0.1, 0.15) is 55.6 Å². The van der Waals surface area contributed by atoms with Crippen molar-refractivity contribution in [2.24, 2.45) is 10.9 Å². The number of carbonyl (C=O) groups excluding carboxylic acids is 1. The van der Waals surface area contributed by atoms with Crippen molar-refractivity contribution in [3.63, 3.8) is 0 Å². The van der Waals surface area contributed by atoms with Gasteiger partial charge in [-0.25, -0.2) is 0 Å². The molecule has 1 atom stereocenters. The van der Waals surface area contributed by atoms with E-state index in [0.717, 1.165) is 24.0 Å². The second kappa shape index (κ2) is 8.58. The summed E-state index contributed by atoms with van der Waals surface area (Å²) in [6, 6.07) is 12.1. The van der Waals surface area contributed by atoms with Gasteiger partial charge < -0.3 is 14.4 Å². The molecule has 2 heterocycles. The number of methoxy groups -OCH3 is 1. The summed E-state index contributed by atoms with van der Waals surface area (Å²) in [7, 11) is 1.58. The van der Waals surface area contributed by atoms with Gasteiger partial charge in [0.25, 0.3) is 5.91 Å². The fourth-order valence-corrected chi connectivity index (χ4v) is 4.13. The van der Waals surface area contributed by atoms with Gasteiger partial charge in [0.1, 0.15) is 0 Å². The molecule has 0 radical (unpaired) electrons. The van der Waals surface area contributed by atoms with Crippen LogP contribution in [-0.2, 0) is 6.42 Å². The highest BCUT2D eigenvalue weighted by Crippen LogP contribution is 2.40. The SMILES string of the molecule is COc1cc2c(cc1OC(C)C)N=CC1CC(c3ccc(CC(C)C)cc3)=CN1C2=O. The molecule has 0 aromatic heterocycles. The Hall–Kier alpha value is -3.08. The van der Waals surface area contributed by atoms with Crippen LogP contribution in [0.2, 0.25) is 0 Å². The first-order chi connectivity index (χ1) is 14.9. The van der Waals surface area contributed by atoms with Gasteiger partial charge in [0.2, 0.25) is 0 Å². The molecule has 0 fully saturated rings. The van der Waals surface area contributed by atoms with Gasteiger partial charge in [0, 0.05) is 24.9 Å². The van der Waals surface area contributed by atoms with E-state index in [-0.39, 0.29) is 18.1 Å². The van der Waals surface area contributed by atoms with Crippen molar-refractivity contribution in [2.45, 2.75) is 52.7 Å². The summed E-state index contributed by atoms with van der Waals surface area (Å²) in [4.78, 5) is 19.8. The average Bonchev–Trinajstić information content (AvgIpc) is 3.11. The lowest BCUT2D eigenvalue weighted by Gasteiger charge is -2.19. The molecule has 5 nitrogen and oxygen atoms in total. The number of rotatable bonds is 6. The van der Waals surface area contributed by atoms with E-state index < -0.39 is 0 Å². The van der Waals surface area contributed by atoms with Gasteiger partial charge in [-0.3, -0.25) is 9.79 Å². The Morgan fingerprint density at radius 1 is 1.10 bits per heavy atom. The van der Waals surface area contributed by atoms with Crippen molar-refractivity contribution in [3.8, 4) is 11.5 Å². The lowest BCUT2D eigenvalue weighted by Crippen LogP contribution is -2.32. The highest BCUT2D eigenvalue weighted by atomic mass is 16.5. The molecule has 4 rings (SSSR count). The Bertz CT molecular complexity index is 1040. The number of nitrogens with zero attached hydrogens (tertiary/aromatic N) is 2. The van der Waals surface area contributed by atoms with E-state index in [1.54, 1.807) is 24.1 Å². The van der Waals surface area contributed by atoms with E-state index >= 15 is 0 Å². The predicted octanol–water partition coefficient (Wildman–Crippen LogP) is 5.65. The van der Waals surface area contributed by atoms with Crippen LogP contribution >= 0.6 is 0 Å². The monoisotopic (exact) mass is 418 g/mol. The summed E-state index contributed by atoms with van der Waals surface area (Å²) < 4.78 is 11.3. The quantitative estimate of drug-likeness (QED) is 0.609. The van der Waals surface area contributed by atoms with Crippen molar-refractivity contribution in [1.82, 2.24) is 4.90 Å². The molecule has 2 aliphatic heterocycles. The van der Waals surface area contributed by atoms with Gasteiger partial charge >= 0.3 is 0 Å². The molecular formula is C26H30N2O3. The second-order valence-corrected chi connectivity index (χ2v) is 8.90. The van der Waals surface area contributed by atoms with E-state index in [0.29, 0.717) is 28.7 Å². The Labute approximate surface area is 184 Å². The van der Waals surface area contributed by atoms with Gasteiger partial charge in [0.05, 0.1) is 30.5 Å². The molecule has 162 valence electrons. The Balaban J connectivity index is 1.63. The molecule has 0 spiro atoms. The smallest absolute Gasteiger partial charge is 0.260 e. The number of hydrogen-bond donors (Lipinski definition) is 0. The molecular weight excluding hydrogens is 388 g/mol. The first kappa shape index (κ1) is 21.2. The summed E-state index contributed by atoms with van der Waals surface area (Å²) >= 11 is 0. The highest BCUT2D eigenvalue weighted by molar-refractivity contribution is 6.05. The third kappa shape index (κ3) is 4.36. The van der Waals surface area contributed by atoms with Crippen LogP contribution < -0.4 is 9.47 Å². The number of aliphatic imine (C=N–C) groups is 1. The first-order valence-corrected chi connectivity index (χ1v) is 10.9. The van der Waals surface area contributed by atoms with Crippen molar-refractivity contribution in [2.75, 3.05) is 7.11 Å². The zero-order chi connectivity index (χ0) is 22.1. The Morgan fingerprint density at radius 3 is 2.48 bits per heavy atom. The van der Waals surface area contributed by atoms with E-state index in [4.69, 9.17) is 9.47 Å². The van der Waals surface area contributed by atoms with Gasteiger partial charge in [-0.1, -0.05) is 38.1 Å². The van der Waals surface area contributed by atoms with Crippen molar-refractivity contribution in [3.05, 3.63) is 59.3 Å². The second-order valence-electron chi connectivity index (χ2n) is 8.90. The summed E-state index contributed by atoms with van der Waals surface area (Å²) in [6.07, 6.45) is 5.65. The van der Waals surface area contributed by atoms with Crippen LogP contribution in [0, 0.1) is 5.92 Å². The van der Waals surface area contributed by atoms with E-state index in [1.165, 1.54) is 5.56 Å². The van der Waals surface area contributed by atoms with Crippen LogP contribution in [0.25, 0.3) is 5.57 Å². The summed E-state index contributed by atoms with van der Waals surface area (Å²) in [6.45, 7) is 8.36. The average molecular weight is 419 g/mol. The minimum Gasteiger partial charge on any atom is -0.493 e. The molecule has 2 aromatic rings. The van der Waals surface area contributed by atoms with Gasteiger partial charge in [-0.2, -0.15) is 0 Å². The first-order valence-electron chi connectivity index (χ1n) is 10.9. The third-order valence-corrected chi connectivity index (χ3v) is 5.55. The molecule has 5 heteroatoms. The largest absolute Gasteiger partial charge is 0.493 e. The van der Waals surface area contributed by atoms with Gasteiger partial charge in [0.15, 0.2) is 11.5 Å². The number of benzene rings is 2. The topological polar surface area (TPSA) is 51.1 Å². The van der Waals surface area contributed by atoms with Crippen LogP contribution in [0.3, 0.4) is 0 Å². The van der Waals surface area contributed by atoms with E-state index in [9.17, 15) is 4.79 Å². The van der Waals surface area contributed by atoms with Gasteiger partial charge in [-0.15, -0.1) is 0 Å². The van der Waals surface area contributed by atoms with Crippen molar-refractivity contribution in [1.29, 1.82) is 0 Å². The lowest BCUT2D eigenvalue weighted by molar-refractivity contribution is 0.0817. The normalized spacial score (nSPS) is 17.5. The standard InChI is InChI=1S/C26H30N2O3/c1-16(2)10-18-6-8-19(9-7-18)20-11-21-14-27-23-13-25(31-17(3)4)24(30-5)12-22(23)26(29)28(21)15-20/h6-9,12-17,21H,10-11H2,1-5H3. The van der Waals surface area contributed by atoms with Crippen molar-refractivity contribution < 1.29 is 14.3 Å². The maximum atomic E-state index is 13.4. The van der Waals surface area contributed by atoms with Crippen LogP contribution in [0.5, 0.6) is 11.5 Å². The molecule has 1 amide bonds. The zero-order valence-corrected chi connectivity index (χ0v) is 18.9. The molecule has 0 aliphatic carbocycles. The molecule has 2 aliphatic rings. The molecule has 0 saturated heterocycles. The maximum absolute atomic E-state index is 13.4. The predicted molar refractivity (Wildman–Crippen MR) is 124 cm³/mol. The molecule has 31 heavy (non-hydrogen) atoms. The highest BCUT2D eigenvalue weighted by Gasteiger charge is 2.33. The third-order valence-electron chi connectivity index (χ3n) is 5.55. The van der Waals surface area contributed by atoms with Crippen LogP contribution in [-0.4, -0.2) is 36.3 Å². The zero-order valence-electron chi connectivity index (χ0n) is 18.9. The molecule has 0 bridgehead atoms. The van der Waals surface area contributed by atoms with Crippen molar-refractivity contribution >= 4 is 23.4 Å². The minimum atomic E-state index is -0.0919. The number of fused-ring (bicyclic) bond motifs is 2. The Morgan fingerprint density at radius 2 is 1.84 bits per heavy atom. The van der Waals surface area contributed by atoms with E-state index in [2.05, 4.69) is 43.1 Å². The van der Waals surface area contributed by atoms with Crippen LogP contribution in [0.15, 0.2) is 47.6 Å². The number of amides is 1. The number of hydrogen-bond acceptors (Lipinski definition) is 4. The fraction of sp³-hybridized carbons (Fsp3) is 0.385. The summed E-state index contributed by atoms with van der Waals surface area (Å²) in [5, 5.41) is 0. The summed E-state index contributed by atoms with van der Waals surface area (Å²) in [5.41, 5.74) is 4.78. The number of carbonyl (C=O) groups is 1. The van der Waals surface area contributed by atoms with Crippen LogP contribution in [0.4, 0.5) is 5.69 Å². The Kier molecular flexibility index (Phi) is 5.86. The lowest BCUT2D eigenvalue weighted by atomic mass is 9.98. The molecule has 1 unspecified atom stereocenters. The molecule has 0 N–H and O–H groups in total. The fourth-order valence-electron chi connectivity index (χ4n) is 4.13. The van der Waals surface area contributed by atoms with E-state index in [1.807, 2.05) is 26.3 Å². The summed E-state index contributed by atoms with van der Waals surface area (Å²) in [5.74, 6) is 1.70. The number of ether oxygens (including phenoxy) is 2. The molecule has 2 aromatic carbocycles.